The third-order valence-corrected chi connectivity index (χ3v) is 5.82. The molecule has 0 amide bonds. The first-order chi connectivity index (χ1) is 16.2. The van der Waals surface area contributed by atoms with E-state index >= 15 is 0 Å². The fraction of sp³-hybridized carbons (Fsp3) is 0.333. The molecule has 1 saturated heterocycles. The molecule has 0 bridgehead atoms. The largest absolute Gasteiger partial charge is 0.623 e. The lowest BCUT2D eigenvalue weighted by atomic mass is 10.2. The van der Waals surface area contributed by atoms with Crippen LogP contribution in [0.15, 0.2) is 60.7 Å². The first kappa shape index (κ1) is 22.8. The smallest absolute Gasteiger partial charge is 0.200 e. The van der Waals surface area contributed by atoms with Crippen molar-refractivity contribution in [1.29, 1.82) is 0 Å². The van der Waals surface area contributed by atoms with Gasteiger partial charge in [-0.25, -0.2) is 9.72 Å². The maximum Gasteiger partial charge on any atom is 0.200 e. The van der Waals surface area contributed by atoms with Gasteiger partial charge >= 0.3 is 0 Å². The summed E-state index contributed by atoms with van der Waals surface area (Å²) in [4.78, 5) is 9.47. The van der Waals surface area contributed by atoms with E-state index in [9.17, 15) is 5.21 Å². The fourth-order valence-electron chi connectivity index (χ4n) is 4.05. The number of pyridine rings is 1. The van der Waals surface area contributed by atoms with Crippen LogP contribution in [0.25, 0.3) is 10.9 Å². The lowest BCUT2D eigenvalue weighted by molar-refractivity contribution is -0.469. The molecule has 0 saturated carbocycles. The van der Waals surface area contributed by atoms with Crippen LogP contribution in [0.2, 0.25) is 0 Å². The van der Waals surface area contributed by atoms with Crippen molar-refractivity contribution < 1.29 is 9.48 Å². The van der Waals surface area contributed by atoms with Crippen molar-refractivity contribution in [3.05, 3.63) is 77.1 Å². The second-order valence-electron chi connectivity index (χ2n) is 8.28. The summed E-state index contributed by atoms with van der Waals surface area (Å²) in [7, 11) is 0. The van der Waals surface area contributed by atoms with Crippen LogP contribution in [0, 0.1) is 17.6 Å². The Labute approximate surface area is 195 Å². The summed E-state index contributed by atoms with van der Waals surface area (Å²) in [5, 5.41) is 13.4. The van der Waals surface area contributed by atoms with Crippen molar-refractivity contribution in [3.63, 3.8) is 0 Å². The number of benzene rings is 2. The van der Waals surface area contributed by atoms with Gasteiger partial charge < -0.3 is 14.8 Å². The van der Waals surface area contributed by atoms with Crippen molar-refractivity contribution in [1.82, 2.24) is 14.8 Å². The average Bonchev–Trinajstić information content (AvgIpc) is 2.84. The molecule has 33 heavy (non-hydrogen) atoms. The standard InChI is InChI=1S/C27H30N4O2/c1-2-14-29-16-18-30(19-17-29)15-7-20-33-26-11-6-10-24-12-13-25(28-27(24)26)22-31(32)21-23-8-4-3-5-9-23/h1,3-6,8-13,22H,7,14-21H2/b31-22-. The highest BCUT2D eigenvalue weighted by Crippen LogP contribution is 2.24. The van der Waals surface area contributed by atoms with Gasteiger partial charge in [-0.15, -0.1) is 6.42 Å². The third-order valence-electron chi connectivity index (χ3n) is 5.82. The molecule has 0 aliphatic carbocycles. The summed E-state index contributed by atoms with van der Waals surface area (Å²) >= 11 is 0. The van der Waals surface area contributed by atoms with Crippen molar-refractivity contribution in [2.75, 3.05) is 45.9 Å². The number of aromatic nitrogens is 1. The Kier molecular flexibility index (Phi) is 7.91. The number of rotatable bonds is 9. The highest BCUT2D eigenvalue weighted by Gasteiger charge is 2.15. The molecule has 0 atom stereocenters. The van der Waals surface area contributed by atoms with Crippen molar-refractivity contribution in [3.8, 4) is 18.1 Å². The molecule has 4 rings (SSSR count). The van der Waals surface area contributed by atoms with E-state index in [4.69, 9.17) is 16.1 Å². The van der Waals surface area contributed by atoms with Crippen LogP contribution in [0.4, 0.5) is 0 Å². The first-order valence-electron chi connectivity index (χ1n) is 11.4. The molecule has 1 aliphatic rings. The van der Waals surface area contributed by atoms with E-state index < -0.39 is 0 Å². The lowest BCUT2D eigenvalue weighted by Crippen LogP contribution is -2.46. The lowest BCUT2D eigenvalue weighted by Gasteiger charge is -2.33. The Morgan fingerprint density at radius 2 is 1.79 bits per heavy atom. The van der Waals surface area contributed by atoms with Crippen LogP contribution < -0.4 is 4.74 Å². The molecule has 1 aromatic heterocycles. The third kappa shape index (κ3) is 6.55. The first-order valence-corrected chi connectivity index (χ1v) is 11.4. The topological polar surface area (TPSA) is 54.7 Å². The van der Waals surface area contributed by atoms with Gasteiger partial charge in [0.15, 0.2) is 6.54 Å². The number of ether oxygens (including phenoxy) is 1. The minimum atomic E-state index is 0.287. The summed E-state index contributed by atoms with van der Waals surface area (Å²) in [5.74, 6) is 3.47. The Bertz CT molecular complexity index is 1120. The van der Waals surface area contributed by atoms with Gasteiger partial charge in [0.1, 0.15) is 17.0 Å². The maximum absolute atomic E-state index is 12.4. The van der Waals surface area contributed by atoms with E-state index in [0.29, 0.717) is 12.3 Å². The summed E-state index contributed by atoms with van der Waals surface area (Å²) in [6, 6.07) is 19.4. The van der Waals surface area contributed by atoms with Crippen molar-refractivity contribution in [2.24, 2.45) is 0 Å². The van der Waals surface area contributed by atoms with Crippen LogP contribution in [0.1, 0.15) is 17.7 Å². The van der Waals surface area contributed by atoms with Gasteiger partial charge in [-0.3, -0.25) is 4.90 Å². The number of hydroxylamine groups is 1. The second kappa shape index (κ2) is 11.5. The second-order valence-corrected chi connectivity index (χ2v) is 8.28. The zero-order valence-electron chi connectivity index (χ0n) is 18.9. The molecule has 1 fully saturated rings. The summed E-state index contributed by atoms with van der Waals surface area (Å²) in [6.45, 7) is 6.80. The van der Waals surface area contributed by atoms with Crippen LogP contribution in [-0.2, 0) is 6.54 Å². The Balaban J connectivity index is 1.34. The summed E-state index contributed by atoms with van der Waals surface area (Å²) in [6.07, 6.45) is 7.88. The van der Waals surface area contributed by atoms with Gasteiger partial charge in [-0.05, 0) is 18.6 Å². The molecule has 3 aromatic rings. The number of nitrogens with zero attached hydrogens (tertiary/aromatic N) is 4. The molecule has 1 aliphatic heterocycles. The van der Waals surface area contributed by atoms with Crippen molar-refractivity contribution in [2.45, 2.75) is 13.0 Å². The quantitative estimate of drug-likeness (QED) is 0.127. The number of hydrogen-bond donors (Lipinski definition) is 0. The van der Waals surface area contributed by atoms with Gasteiger partial charge in [-0.1, -0.05) is 54.5 Å². The number of fused-ring (bicyclic) bond motifs is 1. The Morgan fingerprint density at radius 1 is 1.00 bits per heavy atom. The van der Waals surface area contributed by atoms with E-state index in [1.54, 1.807) is 0 Å². The zero-order valence-corrected chi connectivity index (χ0v) is 18.9. The van der Waals surface area contributed by atoms with Crippen LogP contribution in [-0.4, -0.2) is 71.6 Å². The Hall–Kier alpha value is -3.40. The normalized spacial score (nSPS) is 15.4. The highest BCUT2D eigenvalue weighted by atomic mass is 16.5. The number of hydrogen-bond acceptors (Lipinski definition) is 5. The van der Waals surface area contributed by atoms with Crippen molar-refractivity contribution >= 4 is 17.1 Å². The van der Waals surface area contributed by atoms with Gasteiger partial charge in [-0.2, -0.15) is 0 Å². The molecule has 0 spiro atoms. The van der Waals surface area contributed by atoms with Crippen LogP contribution >= 0.6 is 0 Å². The monoisotopic (exact) mass is 442 g/mol. The van der Waals surface area contributed by atoms with E-state index in [1.807, 2.05) is 60.7 Å². The summed E-state index contributed by atoms with van der Waals surface area (Å²) in [5.41, 5.74) is 2.36. The molecule has 2 heterocycles. The van der Waals surface area contributed by atoms with E-state index in [2.05, 4.69) is 15.7 Å². The number of terminal acetylenes is 1. The minimum absolute atomic E-state index is 0.287. The predicted molar refractivity (Wildman–Crippen MR) is 133 cm³/mol. The predicted octanol–water partition coefficient (Wildman–Crippen LogP) is 3.38. The molecule has 6 heteroatoms. The van der Waals surface area contributed by atoms with E-state index in [1.165, 1.54) is 6.21 Å². The number of piperazine rings is 1. The molecule has 170 valence electrons. The molecule has 2 aromatic carbocycles. The number of para-hydroxylation sites is 1. The zero-order chi connectivity index (χ0) is 22.9. The van der Waals surface area contributed by atoms with Gasteiger partial charge in [0.25, 0.3) is 0 Å². The van der Waals surface area contributed by atoms with E-state index in [0.717, 1.165) is 72.6 Å². The Morgan fingerprint density at radius 3 is 2.58 bits per heavy atom. The van der Waals surface area contributed by atoms with Gasteiger partial charge in [0.2, 0.25) is 6.21 Å². The summed E-state index contributed by atoms with van der Waals surface area (Å²) < 4.78 is 7.01. The van der Waals surface area contributed by atoms with Crippen LogP contribution in [0.3, 0.4) is 0 Å². The average molecular weight is 443 g/mol. The van der Waals surface area contributed by atoms with Gasteiger partial charge in [0, 0.05) is 43.7 Å². The molecule has 0 N–H and O–H groups in total. The molecular weight excluding hydrogens is 412 g/mol. The molecule has 0 unspecified atom stereocenters. The van der Waals surface area contributed by atoms with Crippen LogP contribution in [0.5, 0.6) is 5.75 Å². The highest BCUT2D eigenvalue weighted by molar-refractivity contribution is 5.87. The minimum Gasteiger partial charge on any atom is -0.623 e. The van der Waals surface area contributed by atoms with Gasteiger partial charge in [0.05, 0.1) is 13.2 Å². The maximum atomic E-state index is 12.4. The van der Waals surface area contributed by atoms with E-state index in [-0.39, 0.29) is 6.54 Å². The molecule has 0 radical (unpaired) electrons. The molecule has 6 nitrogen and oxygen atoms in total. The SMILES string of the molecule is C#CCN1CCN(CCCOc2cccc3ccc(/C=[N+](\[O-])Cc4ccccc4)nc23)CC1. The fourth-order valence-corrected chi connectivity index (χ4v) is 4.05. The molecular formula is C27H30N4O2.